The lowest BCUT2D eigenvalue weighted by atomic mass is 10.2. The van der Waals surface area contributed by atoms with Gasteiger partial charge < -0.3 is 24.8 Å². The first kappa shape index (κ1) is 20.4. The van der Waals surface area contributed by atoms with Crippen LogP contribution < -0.4 is 10.2 Å². The molecule has 3 rings (SSSR count). The molecule has 0 spiro atoms. The predicted molar refractivity (Wildman–Crippen MR) is 113 cm³/mol. The van der Waals surface area contributed by atoms with Crippen molar-refractivity contribution in [2.45, 2.75) is 6.92 Å². The normalized spacial score (nSPS) is 13.8. The van der Waals surface area contributed by atoms with E-state index in [0.717, 1.165) is 17.1 Å². The zero-order valence-electron chi connectivity index (χ0n) is 17.1. The zero-order chi connectivity index (χ0) is 20.8. The topological polar surface area (TPSA) is 78.0 Å². The molecular weight excluding hydrogens is 370 g/mol. The molecule has 1 saturated heterocycles. The number of nitrogens with zero attached hydrogens (tertiary/aromatic N) is 4. The van der Waals surface area contributed by atoms with Crippen LogP contribution in [-0.2, 0) is 4.74 Å². The Bertz CT molecular complexity index is 846. The Morgan fingerprint density at radius 3 is 2.31 bits per heavy atom. The Morgan fingerprint density at radius 1 is 1.03 bits per heavy atom. The first-order chi connectivity index (χ1) is 14.0. The number of aromatic nitrogens is 1. The van der Waals surface area contributed by atoms with Gasteiger partial charge in [0, 0.05) is 57.8 Å². The van der Waals surface area contributed by atoms with E-state index in [1.54, 1.807) is 35.2 Å². The third kappa shape index (κ3) is 5.16. The van der Waals surface area contributed by atoms with Crippen LogP contribution in [0.1, 0.15) is 17.3 Å². The summed E-state index contributed by atoms with van der Waals surface area (Å²) in [5, 5.41) is 3.28. The monoisotopic (exact) mass is 397 g/mol. The molecule has 0 atom stereocenters. The van der Waals surface area contributed by atoms with E-state index in [-0.39, 0.29) is 12.0 Å². The number of hydrogen-bond donors (Lipinski definition) is 1. The van der Waals surface area contributed by atoms with Gasteiger partial charge in [0.2, 0.25) is 0 Å². The molecule has 8 nitrogen and oxygen atoms in total. The highest BCUT2D eigenvalue weighted by atomic mass is 16.6. The summed E-state index contributed by atoms with van der Waals surface area (Å²) in [6, 6.07) is 9.81. The minimum Gasteiger partial charge on any atom is -0.450 e. The van der Waals surface area contributed by atoms with Gasteiger partial charge in [-0.15, -0.1) is 0 Å². The summed E-state index contributed by atoms with van der Waals surface area (Å²) in [5.74, 6) is -0.0902. The van der Waals surface area contributed by atoms with Crippen LogP contribution in [0.15, 0.2) is 42.7 Å². The number of carbonyl (C=O) groups excluding carboxylic acids is 2. The first-order valence-electron chi connectivity index (χ1n) is 9.68. The maximum atomic E-state index is 12.8. The maximum Gasteiger partial charge on any atom is 0.409 e. The summed E-state index contributed by atoms with van der Waals surface area (Å²) in [6.45, 7) is 4.01. The molecule has 0 bridgehead atoms. The molecule has 1 N–H and O–H groups in total. The average molecular weight is 397 g/mol. The van der Waals surface area contributed by atoms with Crippen LogP contribution in [0.2, 0.25) is 0 Å². The molecule has 1 aromatic carbocycles. The van der Waals surface area contributed by atoms with Crippen LogP contribution in [-0.4, -0.2) is 73.7 Å². The SMILES string of the molecule is CCOC(=O)N1CCN(C(=O)c2cncc(Nc3ccc(N(C)C)cc3)c2)CC1. The number of nitrogens with one attached hydrogen (secondary N) is 1. The summed E-state index contributed by atoms with van der Waals surface area (Å²) in [4.78, 5) is 34.3. The van der Waals surface area contributed by atoms with Gasteiger partial charge in [-0.1, -0.05) is 0 Å². The maximum absolute atomic E-state index is 12.8. The molecule has 1 aliphatic heterocycles. The van der Waals surface area contributed by atoms with E-state index < -0.39 is 0 Å². The molecule has 1 aromatic heterocycles. The van der Waals surface area contributed by atoms with E-state index in [1.807, 2.05) is 43.3 Å². The van der Waals surface area contributed by atoms with Crippen molar-refractivity contribution >= 4 is 29.1 Å². The van der Waals surface area contributed by atoms with Crippen LogP contribution >= 0.6 is 0 Å². The van der Waals surface area contributed by atoms with Gasteiger partial charge in [0.05, 0.1) is 24.1 Å². The summed E-state index contributed by atoms with van der Waals surface area (Å²) in [5.41, 5.74) is 3.30. The number of hydrogen-bond acceptors (Lipinski definition) is 6. The molecule has 154 valence electrons. The first-order valence-corrected chi connectivity index (χ1v) is 9.68. The summed E-state index contributed by atoms with van der Waals surface area (Å²) in [7, 11) is 3.99. The Kier molecular flexibility index (Phi) is 6.54. The van der Waals surface area contributed by atoms with E-state index in [1.165, 1.54) is 0 Å². The van der Waals surface area contributed by atoms with E-state index in [9.17, 15) is 9.59 Å². The predicted octanol–water partition coefficient (Wildman–Crippen LogP) is 2.81. The number of pyridine rings is 1. The lowest BCUT2D eigenvalue weighted by Crippen LogP contribution is -2.50. The Morgan fingerprint density at radius 2 is 1.69 bits per heavy atom. The van der Waals surface area contributed by atoms with Crippen molar-refractivity contribution in [3.63, 3.8) is 0 Å². The highest BCUT2D eigenvalue weighted by molar-refractivity contribution is 5.95. The van der Waals surface area contributed by atoms with Crippen molar-refractivity contribution in [2.75, 3.05) is 57.1 Å². The number of carbonyl (C=O) groups is 2. The van der Waals surface area contributed by atoms with E-state index in [2.05, 4.69) is 10.3 Å². The number of benzene rings is 1. The van der Waals surface area contributed by atoms with Crippen molar-refractivity contribution in [1.82, 2.24) is 14.8 Å². The third-order valence-corrected chi connectivity index (χ3v) is 4.75. The molecule has 8 heteroatoms. The van der Waals surface area contributed by atoms with Gasteiger partial charge >= 0.3 is 6.09 Å². The number of piperazine rings is 1. The van der Waals surface area contributed by atoms with Crippen LogP contribution in [0, 0.1) is 0 Å². The Balaban J connectivity index is 1.62. The molecule has 2 amide bonds. The number of rotatable bonds is 5. The number of ether oxygens (including phenoxy) is 1. The van der Waals surface area contributed by atoms with E-state index >= 15 is 0 Å². The summed E-state index contributed by atoms with van der Waals surface area (Å²) in [6.07, 6.45) is 2.93. The molecule has 0 radical (unpaired) electrons. The standard InChI is InChI=1S/C21H27N5O3/c1-4-29-21(28)26-11-9-25(10-12-26)20(27)16-13-18(15-22-14-16)23-17-5-7-19(8-6-17)24(2)3/h5-8,13-15,23H,4,9-12H2,1-3H3. The van der Waals surface area contributed by atoms with Crippen molar-refractivity contribution in [3.8, 4) is 0 Å². The van der Waals surface area contributed by atoms with Gasteiger partial charge in [-0.2, -0.15) is 0 Å². The fourth-order valence-corrected chi connectivity index (χ4v) is 3.12. The summed E-state index contributed by atoms with van der Waals surface area (Å²) < 4.78 is 5.02. The van der Waals surface area contributed by atoms with Gasteiger partial charge in [0.25, 0.3) is 5.91 Å². The van der Waals surface area contributed by atoms with Gasteiger partial charge in [-0.05, 0) is 37.3 Å². The Labute approximate surface area is 171 Å². The summed E-state index contributed by atoms with van der Waals surface area (Å²) >= 11 is 0. The van der Waals surface area contributed by atoms with Crippen molar-refractivity contribution in [2.24, 2.45) is 0 Å². The van der Waals surface area contributed by atoms with Crippen molar-refractivity contribution in [3.05, 3.63) is 48.3 Å². The number of amides is 2. The third-order valence-electron chi connectivity index (χ3n) is 4.75. The fraction of sp³-hybridized carbons (Fsp3) is 0.381. The van der Waals surface area contributed by atoms with Gasteiger partial charge in [-0.25, -0.2) is 4.79 Å². The lowest BCUT2D eigenvalue weighted by Gasteiger charge is -2.34. The average Bonchev–Trinajstić information content (AvgIpc) is 2.74. The fourth-order valence-electron chi connectivity index (χ4n) is 3.12. The number of anilines is 3. The minimum absolute atomic E-state index is 0.0902. The molecule has 2 heterocycles. The van der Waals surface area contributed by atoms with Crippen LogP contribution in [0.4, 0.5) is 21.9 Å². The van der Waals surface area contributed by atoms with Crippen LogP contribution in [0.25, 0.3) is 0 Å². The second kappa shape index (κ2) is 9.27. The van der Waals surface area contributed by atoms with Crippen molar-refractivity contribution in [1.29, 1.82) is 0 Å². The highest BCUT2D eigenvalue weighted by Crippen LogP contribution is 2.21. The van der Waals surface area contributed by atoms with Gasteiger partial charge in [0.1, 0.15) is 0 Å². The molecule has 0 unspecified atom stereocenters. The van der Waals surface area contributed by atoms with Gasteiger partial charge in [0.15, 0.2) is 0 Å². The molecule has 1 fully saturated rings. The molecule has 1 aliphatic rings. The molecule has 0 saturated carbocycles. The second-order valence-electron chi connectivity index (χ2n) is 7.01. The smallest absolute Gasteiger partial charge is 0.409 e. The molecule has 29 heavy (non-hydrogen) atoms. The van der Waals surface area contributed by atoms with Crippen molar-refractivity contribution < 1.29 is 14.3 Å². The minimum atomic E-state index is -0.326. The molecular formula is C21H27N5O3. The highest BCUT2D eigenvalue weighted by Gasteiger charge is 2.25. The largest absolute Gasteiger partial charge is 0.450 e. The van der Waals surface area contributed by atoms with E-state index in [0.29, 0.717) is 38.3 Å². The Hall–Kier alpha value is -3.29. The van der Waals surface area contributed by atoms with Gasteiger partial charge in [-0.3, -0.25) is 9.78 Å². The van der Waals surface area contributed by atoms with Crippen LogP contribution in [0.3, 0.4) is 0 Å². The zero-order valence-corrected chi connectivity index (χ0v) is 17.1. The second-order valence-corrected chi connectivity index (χ2v) is 7.01. The lowest BCUT2D eigenvalue weighted by molar-refractivity contribution is 0.0570. The molecule has 2 aromatic rings. The quantitative estimate of drug-likeness (QED) is 0.836. The van der Waals surface area contributed by atoms with Crippen LogP contribution in [0.5, 0.6) is 0 Å². The molecule has 0 aliphatic carbocycles. The van der Waals surface area contributed by atoms with E-state index in [4.69, 9.17) is 4.74 Å².